The van der Waals surface area contributed by atoms with Gasteiger partial charge in [-0.25, -0.2) is 8.78 Å². The van der Waals surface area contributed by atoms with Gasteiger partial charge in [0.15, 0.2) is 17.3 Å². The Labute approximate surface area is 178 Å². The van der Waals surface area contributed by atoms with Crippen molar-refractivity contribution in [3.8, 4) is 11.1 Å². The minimum absolute atomic E-state index is 0.190. The number of nitrogens with one attached hydrogen (secondary N) is 2. The van der Waals surface area contributed by atoms with Crippen molar-refractivity contribution in [2.75, 3.05) is 32.8 Å². The maximum atomic E-state index is 14.7. The molecule has 2 aliphatic heterocycles. The maximum absolute atomic E-state index is 14.7. The molecule has 5 rings (SSSR count). The molecule has 2 aromatic carbocycles. The lowest BCUT2D eigenvalue weighted by atomic mass is 9.99. The minimum Gasteiger partial charge on any atom is -0.381 e. The van der Waals surface area contributed by atoms with Crippen molar-refractivity contribution >= 4 is 16.8 Å². The van der Waals surface area contributed by atoms with Gasteiger partial charge in [0.05, 0.1) is 18.7 Å². The lowest BCUT2D eigenvalue weighted by Crippen LogP contribution is -2.39. The lowest BCUT2D eigenvalue weighted by Gasteiger charge is -2.25. The molecule has 2 saturated heterocycles. The molecule has 3 heterocycles. The minimum atomic E-state index is -0.885. The fourth-order valence-electron chi connectivity index (χ4n) is 4.22. The van der Waals surface area contributed by atoms with E-state index in [4.69, 9.17) is 4.74 Å². The fraction of sp³-hybridized carbons (Fsp3) is 0.391. The number of hydrogen-bond acceptors (Lipinski definition) is 4. The number of amides is 1. The Morgan fingerprint density at radius 1 is 1.19 bits per heavy atom. The summed E-state index contributed by atoms with van der Waals surface area (Å²) in [6.45, 7) is 4.35. The van der Waals surface area contributed by atoms with Crippen molar-refractivity contribution in [3.05, 3.63) is 53.2 Å². The molecule has 3 aromatic rings. The maximum Gasteiger partial charge on any atom is 0.272 e. The van der Waals surface area contributed by atoms with Crippen LogP contribution in [0.1, 0.15) is 28.9 Å². The number of ether oxygens (including phenoxy) is 1. The molecular weight excluding hydrogens is 402 g/mol. The average molecular weight is 426 g/mol. The number of aromatic nitrogens is 2. The van der Waals surface area contributed by atoms with E-state index in [1.807, 2.05) is 0 Å². The van der Waals surface area contributed by atoms with Gasteiger partial charge in [-0.15, -0.1) is 0 Å². The van der Waals surface area contributed by atoms with Crippen LogP contribution in [0.4, 0.5) is 8.78 Å². The molecule has 2 aliphatic rings. The average Bonchev–Trinajstić information content (AvgIpc) is 3.38. The van der Waals surface area contributed by atoms with Gasteiger partial charge in [0, 0.05) is 30.0 Å². The zero-order chi connectivity index (χ0) is 21.4. The van der Waals surface area contributed by atoms with Gasteiger partial charge >= 0.3 is 0 Å². The molecule has 0 bridgehead atoms. The molecule has 1 aromatic heterocycles. The van der Waals surface area contributed by atoms with Gasteiger partial charge in [0.1, 0.15) is 0 Å². The van der Waals surface area contributed by atoms with Crippen LogP contribution >= 0.6 is 0 Å². The summed E-state index contributed by atoms with van der Waals surface area (Å²) in [7, 11) is 0. The fourth-order valence-corrected chi connectivity index (χ4v) is 4.22. The van der Waals surface area contributed by atoms with Gasteiger partial charge in [-0.05, 0) is 61.3 Å². The molecule has 0 unspecified atom stereocenters. The molecule has 31 heavy (non-hydrogen) atoms. The molecule has 162 valence electrons. The number of fused-ring (bicyclic) bond motifs is 1. The van der Waals surface area contributed by atoms with E-state index in [1.165, 1.54) is 6.07 Å². The normalized spacial score (nSPS) is 17.2. The van der Waals surface area contributed by atoms with E-state index in [1.54, 1.807) is 24.3 Å². The first-order valence-electron chi connectivity index (χ1n) is 10.6. The van der Waals surface area contributed by atoms with Gasteiger partial charge in [-0.1, -0.05) is 6.07 Å². The van der Waals surface area contributed by atoms with Gasteiger partial charge in [0.25, 0.3) is 5.91 Å². The van der Waals surface area contributed by atoms with Gasteiger partial charge in [0.2, 0.25) is 0 Å². The number of likely N-dealkylation sites (tertiary alicyclic amines) is 1. The summed E-state index contributed by atoms with van der Waals surface area (Å²) in [5, 5.41) is 10.4. The number of aromatic amines is 1. The van der Waals surface area contributed by atoms with Crippen LogP contribution in [0.15, 0.2) is 30.3 Å². The van der Waals surface area contributed by atoms with Crippen molar-refractivity contribution in [2.45, 2.75) is 19.4 Å². The quantitative estimate of drug-likeness (QED) is 0.633. The van der Waals surface area contributed by atoms with Crippen molar-refractivity contribution in [3.63, 3.8) is 0 Å². The zero-order valence-corrected chi connectivity index (χ0v) is 17.1. The second-order valence-corrected chi connectivity index (χ2v) is 8.37. The third-order valence-corrected chi connectivity index (χ3v) is 6.04. The number of rotatable bonds is 6. The zero-order valence-electron chi connectivity index (χ0n) is 17.1. The standard InChI is InChI=1S/C23H24F2N4O2/c24-19-8-14(11-29-5-1-2-6-29)7-17(21(19)25)16-3-4-20-18(9-16)22(28-27-20)23(30)26-10-15-12-31-13-15/h3-4,7-9,15H,1-2,5-6,10-13H2,(H,26,30)(H,27,28). The molecule has 0 radical (unpaired) electrons. The predicted octanol–water partition coefficient (Wildman–Crippen LogP) is 3.48. The van der Waals surface area contributed by atoms with Gasteiger partial charge in [-0.2, -0.15) is 5.10 Å². The van der Waals surface area contributed by atoms with Crippen molar-refractivity contribution in [1.82, 2.24) is 20.4 Å². The Morgan fingerprint density at radius 2 is 2.00 bits per heavy atom. The molecule has 2 fully saturated rings. The summed E-state index contributed by atoms with van der Waals surface area (Å²) in [4.78, 5) is 14.8. The second kappa shape index (κ2) is 8.36. The highest BCUT2D eigenvalue weighted by atomic mass is 19.2. The summed E-state index contributed by atoms with van der Waals surface area (Å²) < 4.78 is 34.2. The number of nitrogens with zero attached hydrogens (tertiary/aromatic N) is 2. The number of carbonyl (C=O) groups excluding carboxylic acids is 1. The number of hydrogen-bond donors (Lipinski definition) is 2. The Bertz CT molecular complexity index is 1120. The second-order valence-electron chi connectivity index (χ2n) is 8.37. The molecule has 1 amide bonds. The molecule has 0 spiro atoms. The van der Waals surface area contributed by atoms with E-state index in [-0.39, 0.29) is 17.2 Å². The van der Waals surface area contributed by atoms with E-state index >= 15 is 0 Å². The highest BCUT2D eigenvalue weighted by Crippen LogP contribution is 2.30. The molecule has 0 aliphatic carbocycles. The van der Waals surface area contributed by atoms with E-state index in [2.05, 4.69) is 20.4 Å². The molecule has 6 nitrogen and oxygen atoms in total. The van der Waals surface area contributed by atoms with Crippen LogP contribution in [0.5, 0.6) is 0 Å². The largest absolute Gasteiger partial charge is 0.381 e. The van der Waals surface area contributed by atoms with E-state index in [0.717, 1.165) is 31.5 Å². The van der Waals surface area contributed by atoms with E-state index < -0.39 is 11.6 Å². The summed E-state index contributed by atoms with van der Waals surface area (Å²) in [5.41, 5.74) is 2.34. The highest BCUT2D eigenvalue weighted by molar-refractivity contribution is 6.05. The third kappa shape index (κ3) is 4.05. The summed E-state index contributed by atoms with van der Waals surface area (Å²) in [6.07, 6.45) is 2.26. The molecular formula is C23H24F2N4O2. The van der Waals surface area contributed by atoms with Gasteiger partial charge in [-0.3, -0.25) is 14.8 Å². The molecule has 0 saturated carbocycles. The molecule has 0 atom stereocenters. The first kappa shape index (κ1) is 20.1. The third-order valence-electron chi connectivity index (χ3n) is 6.04. The summed E-state index contributed by atoms with van der Waals surface area (Å²) in [5.74, 6) is -1.73. The number of benzene rings is 2. The highest BCUT2D eigenvalue weighted by Gasteiger charge is 2.22. The van der Waals surface area contributed by atoms with Crippen molar-refractivity contribution in [2.24, 2.45) is 5.92 Å². The first-order valence-corrected chi connectivity index (χ1v) is 10.6. The van der Waals surface area contributed by atoms with Crippen molar-refractivity contribution in [1.29, 1.82) is 0 Å². The molecule has 2 N–H and O–H groups in total. The Morgan fingerprint density at radius 3 is 2.74 bits per heavy atom. The van der Waals surface area contributed by atoms with Crippen LogP contribution in [-0.2, 0) is 11.3 Å². The number of carbonyl (C=O) groups is 1. The first-order chi connectivity index (χ1) is 15.1. The summed E-state index contributed by atoms with van der Waals surface area (Å²) in [6, 6.07) is 8.12. The SMILES string of the molecule is O=C(NCC1COC1)c1n[nH]c2ccc(-c3cc(CN4CCCC4)cc(F)c3F)cc12. The van der Waals surface area contributed by atoms with Gasteiger partial charge < -0.3 is 10.1 Å². The summed E-state index contributed by atoms with van der Waals surface area (Å²) >= 11 is 0. The molecule has 8 heteroatoms. The topological polar surface area (TPSA) is 70.2 Å². The smallest absolute Gasteiger partial charge is 0.272 e. The Balaban J connectivity index is 1.45. The van der Waals surface area contributed by atoms with Crippen LogP contribution in [-0.4, -0.2) is 53.9 Å². The van der Waals surface area contributed by atoms with Crippen LogP contribution in [0.25, 0.3) is 22.0 Å². The predicted molar refractivity (Wildman–Crippen MR) is 113 cm³/mol. The van der Waals surface area contributed by atoms with Crippen LogP contribution in [0, 0.1) is 17.6 Å². The number of halogens is 2. The monoisotopic (exact) mass is 426 g/mol. The van der Waals surface area contributed by atoms with Crippen LogP contribution < -0.4 is 5.32 Å². The lowest BCUT2D eigenvalue weighted by molar-refractivity contribution is -0.0298. The van der Waals surface area contributed by atoms with Crippen LogP contribution in [0.3, 0.4) is 0 Å². The Kier molecular flexibility index (Phi) is 5.41. The number of H-pyrrole nitrogens is 1. The Hall–Kier alpha value is -2.84. The van der Waals surface area contributed by atoms with Crippen LogP contribution in [0.2, 0.25) is 0 Å². The van der Waals surface area contributed by atoms with Crippen molar-refractivity contribution < 1.29 is 18.3 Å². The van der Waals surface area contributed by atoms with E-state index in [9.17, 15) is 13.6 Å². The van der Waals surface area contributed by atoms with E-state index in [0.29, 0.717) is 48.7 Å².